The molecule has 3 N–H and O–H groups in total. The summed E-state index contributed by atoms with van der Waals surface area (Å²) in [5.41, 5.74) is 1.29. The largest absolute Gasteiger partial charge is 0.444 e. The Kier molecular flexibility index (Phi) is 33.2. The van der Waals surface area contributed by atoms with Gasteiger partial charge in [-0.15, -0.1) is 0 Å². The summed E-state index contributed by atoms with van der Waals surface area (Å²) in [7, 11) is 0. The highest BCUT2D eigenvalue weighted by Crippen LogP contribution is 2.14. The summed E-state index contributed by atoms with van der Waals surface area (Å²) in [5, 5.41) is 17.4. The molecule has 0 aliphatic carbocycles. The summed E-state index contributed by atoms with van der Waals surface area (Å²) in [6, 6.07) is 23.3. The summed E-state index contributed by atoms with van der Waals surface area (Å²) in [5.74, 6) is 0. The van der Waals surface area contributed by atoms with E-state index in [4.69, 9.17) is 19.5 Å². The van der Waals surface area contributed by atoms with Gasteiger partial charge < -0.3 is 30.2 Å². The fourth-order valence-corrected chi connectivity index (χ4v) is 7.29. The molecule has 0 unspecified atom stereocenters. The Labute approximate surface area is 408 Å². The Morgan fingerprint density at radius 2 is 0.716 bits per heavy atom. The second-order valence-corrected chi connectivity index (χ2v) is 20.7. The fourth-order valence-electron chi connectivity index (χ4n) is 7.29. The number of benzene rings is 2. The molecule has 0 aliphatic heterocycles. The highest BCUT2D eigenvalue weighted by molar-refractivity contribution is 5.68. The lowest BCUT2D eigenvalue weighted by atomic mass is 10.1. The summed E-state index contributed by atoms with van der Waals surface area (Å²) >= 11 is 0. The van der Waals surface area contributed by atoms with Gasteiger partial charge in [0.05, 0.1) is 6.07 Å². The molecule has 3 amide bonds. The van der Waals surface area contributed by atoms with E-state index < -0.39 is 16.8 Å². The quantitative estimate of drug-likeness (QED) is 0.0482. The molecule has 12 heteroatoms. The number of unbranched alkanes of at least 4 members (excludes halogenated alkanes) is 14. The average molecular weight is 935 g/mol. The van der Waals surface area contributed by atoms with Crippen molar-refractivity contribution < 1.29 is 28.6 Å². The van der Waals surface area contributed by atoms with Crippen LogP contribution in [0.3, 0.4) is 0 Å². The number of nitriles is 1. The first-order valence-corrected chi connectivity index (χ1v) is 25.7. The van der Waals surface area contributed by atoms with Crippen LogP contribution in [0.4, 0.5) is 14.4 Å². The second kappa shape index (κ2) is 36.7. The summed E-state index contributed by atoms with van der Waals surface area (Å²) in [4.78, 5) is 39.9. The minimum Gasteiger partial charge on any atom is -0.444 e. The molecule has 2 aromatic carbocycles. The van der Waals surface area contributed by atoms with Gasteiger partial charge in [-0.3, -0.25) is 9.80 Å². The zero-order valence-electron chi connectivity index (χ0n) is 43.7. The van der Waals surface area contributed by atoms with Crippen molar-refractivity contribution in [1.29, 1.82) is 5.26 Å². The van der Waals surface area contributed by atoms with Crippen molar-refractivity contribution in [1.82, 2.24) is 25.8 Å². The van der Waals surface area contributed by atoms with E-state index in [0.717, 1.165) is 71.4 Å². The number of carbonyl (C=O) groups is 3. The van der Waals surface area contributed by atoms with Gasteiger partial charge in [-0.05, 0) is 119 Å². The van der Waals surface area contributed by atoms with Crippen LogP contribution in [0.15, 0.2) is 60.7 Å². The molecule has 0 heterocycles. The molecule has 2 rings (SSSR count). The summed E-state index contributed by atoms with van der Waals surface area (Å²) in [6.07, 6.45) is 19.7. The topological polar surface area (TPSA) is 145 Å². The molecule has 0 spiro atoms. The zero-order chi connectivity index (χ0) is 49.7. The molecule has 0 aliphatic rings. The van der Waals surface area contributed by atoms with Gasteiger partial charge in [0, 0.05) is 52.2 Å². The molecule has 0 fully saturated rings. The van der Waals surface area contributed by atoms with E-state index in [1.807, 2.05) is 68.4 Å². The molecule has 0 saturated heterocycles. The number of nitrogens with zero attached hydrogens (tertiary/aromatic N) is 3. The van der Waals surface area contributed by atoms with Crippen molar-refractivity contribution >= 4 is 18.3 Å². The minimum absolute atomic E-state index is 0.321. The van der Waals surface area contributed by atoms with Crippen LogP contribution in [0, 0.1) is 11.3 Å². The third-order valence-electron chi connectivity index (χ3n) is 10.5. The van der Waals surface area contributed by atoms with Crippen molar-refractivity contribution in [3.8, 4) is 6.07 Å². The van der Waals surface area contributed by atoms with Crippen LogP contribution in [-0.2, 0) is 27.3 Å². The van der Waals surface area contributed by atoms with Crippen molar-refractivity contribution in [2.75, 3.05) is 45.8 Å². The molecule has 0 radical (unpaired) electrons. The smallest absolute Gasteiger partial charge is 0.407 e. The fraction of sp³-hybridized carbons (Fsp3) is 0.709. The predicted molar refractivity (Wildman–Crippen MR) is 275 cm³/mol. The number of hydrogen-bond acceptors (Lipinski definition) is 9. The number of amides is 3. The maximum absolute atomic E-state index is 11.9. The van der Waals surface area contributed by atoms with Crippen molar-refractivity contribution in [2.24, 2.45) is 0 Å². The summed E-state index contributed by atoms with van der Waals surface area (Å²) < 4.78 is 15.8. The molecule has 12 nitrogen and oxygen atoms in total. The van der Waals surface area contributed by atoms with E-state index in [1.165, 1.54) is 88.2 Å². The van der Waals surface area contributed by atoms with Crippen LogP contribution < -0.4 is 16.0 Å². The average Bonchev–Trinajstić information content (AvgIpc) is 3.24. The van der Waals surface area contributed by atoms with E-state index in [1.54, 1.807) is 0 Å². The van der Waals surface area contributed by atoms with Crippen LogP contribution in [-0.4, -0.2) is 90.7 Å². The number of ether oxygens (including phenoxy) is 3. The molecule has 0 bridgehead atoms. The standard InChI is InChI=1S/C30H53N3O4.C25H41N3O2/c1-29(2,3)36-27(34)31-21-16-11-9-7-8-10-12-17-23-33(25-26-19-14-13-15-20-26)24-18-22-32-28(35)37-30(4,5)6;1-25(2,3)30-24(29)27-19-13-8-6-4-5-7-9-14-20-28(21-15-18-26)22-23-16-11-10-12-17-23/h13-15,19-20H,7-12,16-18,21-25H2,1-6H3,(H,31,34)(H,32,35);10-12,16-17H,4-9,13-15,19-22H2,1-3H3,(H,27,29). The lowest BCUT2D eigenvalue weighted by Gasteiger charge is -2.23. The first kappa shape index (κ1) is 60.7. The predicted octanol–water partition coefficient (Wildman–Crippen LogP) is 13.1. The van der Waals surface area contributed by atoms with E-state index in [-0.39, 0.29) is 18.3 Å². The van der Waals surface area contributed by atoms with Gasteiger partial charge in [0.25, 0.3) is 0 Å². The van der Waals surface area contributed by atoms with Gasteiger partial charge in [-0.1, -0.05) is 138 Å². The highest BCUT2D eigenvalue weighted by atomic mass is 16.6. The van der Waals surface area contributed by atoms with Gasteiger partial charge in [0.2, 0.25) is 0 Å². The Morgan fingerprint density at radius 3 is 1.04 bits per heavy atom. The molecule has 0 atom stereocenters. The zero-order valence-corrected chi connectivity index (χ0v) is 43.7. The second-order valence-electron chi connectivity index (χ2n) is 20.7. The molecular weight excluding hydrogens is 841 g/mol. The first-order chi connectivity index (χ1) is 31.8. The van der Waals surface area contributed by atoms with Gasteiger partial charge in [-0.2, -0.15) is 5.26 Å². The SMILES string of the molecule is CC(C)(C)OC(=O)NCCCCCCCCCCN(CCC#N)Cc1ccccc1.CC(C)(C)OC(=O)NCCCCCCCCCCN(CCCNC(=O)OC(C)(C)C)Cc1ccccc1. The third-order valence-corrected chi connectivity index (χ3v) is 10.5. The van der Waals surface area contributed by atoms with E-state index in [2.05, 4.69) is 86.4 Å². The van der Waals surface area contributed by atoms with Crippen LogP contribution in [0.25, 0.3) is 0 Å². The van der Waals surface area contributed by atoms with E-state index in [9.17, 15) is 14.4 Å². The number of nitrogens with one attached hydrogen (secondary N) is 3. The number of rotatable bonds is 32. The molecule has 2 aromatic rings. The van der Waals surface area contributed by atoms with Gasteiger partial charge >= 0.3 is 18.3 Å². The lowest BCUT2D eigenvalue weighted by molar-refractivity contribution is 0.0514. The van der Waals surface area contributed by atoms with Crippen LogP contribution in [0.1, 0.15) is 189 Å². The molecule has 0 saturated carbocycles. The molecular formula is C55H94N6O6. The maximum atomic E-state index is 11.9. The molecule has 67 heavy (non-hydrogen) atoms. The van der Waals surface area contributed by atoms with Crippen molar-refractivity contribution in [2.45, 2.75) is 208 Å². The van der Waals surface area contributed by atoms with E-state index >= 15 is 0 Å². The number of alkyl carbamates (subject to hydrolysis) is 3. The lowest BCUT2D eigenvalue weighted by Crippen LogP contribution is -2.34. The number of carbonyl (C=O) groups excluding carboxylic acids is 3. The van der Waals surface area contributed by atoms with Gasteiger partial charge in [0.1, 0.15) is 16.8 Å². The van der Waals surface area contributed by atoms with Crippen LogP contribution >= 0.6 is 0 Å². The number of hydrogen-bond donors (Lipinski definition) is 3. The summed E-state index contributed by atoms with van der Waals surface area (Å²) in [6.45, 7) is 24.7. The highest BCUT2D eigenvalue weighted by Gasteiger charge is 2.17. The maximum Gasteiger partial charge on any atom is 0.407 e. The third kappa shape index (κ3) is 40.4. The van der Waals surface area contributed by atoms with Crippen LogP contribution in [0.2, 0.25) is 0 Å². The van der Waals surface area contributed by atoms with E-state index in [0.29, 0.717) is 26.1 Å². The monoisotopic (exact) mass is 935 g/mol. The van der Waals surface area contributed by atoms with Crippen LogP contribution in [0.5, 0.6) is 0 Å². The van der Waals surface area contributed by atoms with Crippen molar-refractivity contribution in [3.05, 3.63) is 71.8 Å². The molecule has 0 aromatic heterocycles. The first-order valence-electron chi connectivity index (χ1n) is 25.7. The Bertz CT molecular complexity index is 1580. The Balaban J connectivity index is 0.000000685. The van der Waals surface area contributed by atoms with Gasteiger partial charge in [-0.25, -0.2) is 14.4 Å². The normalized spacial score (nSPS) is 11.6. The van der Waals surface area contributed by atoms with Crippen molar-refractivity contribution in [3.63, 3.8) is 0 Å². The molecule has 380 valence electrons. The minimum atomic E-state index is -0.470. The van der Waals surface area contributed by atoms with Gasteiger partial charge in [0.15, 0.2) is 0 Å². The Hall–Kier alpha value is -4.34. The Morgan fingerprint density at radius 1 is 0.433 bits per heavy atom.